The van der Waals surface area contributed by atoms with E-state index >= 15 is 0 Å². The number of cyclic esters (lactones) is 1. The van der Waals surface area contributed by atoms with Crippen molar-refractivity contribution in [2.75, 3.05) is 6.61 Å². The van der Waals surface area contributed by atoms with Crippen LogP contribution in [0.2, 0.25) is 0 Å². The number of esters is 5. The predicted octanol–water partition coefficient (Wildman–Crippen LogP) is 3.04. The molecule has 0 unspecified atom stereocenters. The maximum absolute atomic E-state index is 14.5. The maximum Gasteiger partial charge on any atom is 0.338 e. The zero-order chi connectivity index (χ0) is 33.1. The van der Waals surface area contributed by atoms with E-state index in [4.69, 9.17) is 28.4 Å². The quantitative estimate of drug-likeness (QED) is 0.268. The van der Waals surface area contributed by atoms with Gasteiger partial charge in [0.05, 0.1) is 12.0 Å². The Kier molecular flexibility index (Phi) is 8.18. The molecule has 2 heterocycles. The Balaban J connectivity index is 1.84. The van der Waals surface area contributed by atoms with E-state index in [2.05, 4.69) is 0 Å². The summed E-state index contributed by atoms with van der Waals surface area (Å²) in [6.45, 7) is 9.97. The van der Waals surface area contributed by atoms with Crippen molar-refractivity contribution in [3.63, 3.8) is 0 Å². The number of Topliss-reactive ketones (excluding diaryl/α,β-unsaturated/α-hetero) is 1. The zero-order valence-corrected chi connectivity index (χ0v) is 26.4. The van der Waals surface area contributed by atoms with Crippen molar-refractivity contribution in [1.29, 1.82) is 0 Å². The first kappa shape index (κ1) is 32.3. The van der Waals surface area contributed by atoms with Gasteiger partial charge in [0.25, 0.3) is 0 Å². The van der Waals surface area contributed by atoms with Gasteiger partial charge in [-0.2, -0.15) is 0 Å². The lowest BCUT2D eigenvalue weighted by Gasteiger charge is -2.58. The number of ketones is 1. The number of benzene rings is 1. The van der Waals surface area contributed by atoms with E-state index in [-0.39, 0.29) is 18.4 Å². The Morgan fingerprint density at radius 1 is 0.911 bits per heavy atom. The number of carbonyl (C=O) groups is 6. The average molecular weight is 627 g/mol. The summed E-state index contributed by atoms with van der Waals surface area (Å²) in [5.41, 5.74) is -3.68. The van der Waals surface area contributed by atoms with E-state index in [1.165, 1.54) is 20.8 Å². The molecule has 0 amide bonds. The van der Waals surface area contributed by atoms with Crippen LogP contribution in [0.3, 0.4) is 0 Å². The number of fused-ring (bicyclic) bond motifs is 6. The molecular weight excluding hydrogens is 588 g/mol. The Morgan fingerprint density at radius 2 is 1.56 bits per heavy atom. The van der Waals surface area contributed by atoms with Crippen LogP contribution in [-0.2, 0) is 52.4 Å². The van der Waals surface area contributed by atoms with Gasteiger partial charge in [-0.1, -0.05) is 39.0 Å². The highest BCUT2D eigenvalue weighted by Gasteiger charge is 2.75. The van der Waals surface area contributed by atoms with Crippen molar-refractivity contribution >= 4 is 35.6 Å². The Bertz CT molecular complexity index is 1480. The second kappa shape index (κ2) is 11.4. The SMILES string of the molecule is CC(=O)O[C@H]1C(=O)[C@@H](C)[C@@H]2[C@H](O[C@H]3CC(=O)OC[C@@]23OC(C)=O)[C@]2(OC(=O)c3ccccc3)C[C@H](OC(C)=O)C(C)=C1C2(C)C. The number of hydrogen-bond donors (Lipinski definition) is 0. The summed E-state index contributed by atoms with van der Waals surface area (Å²) in [5.74, 6) is -5.99. The molecule has 1 aromatic rings. The molecule has 0 N–H and O–H groups in total. The topological polar surface area (TPSA) is 158 Å². The van der Waals surface area contributed by atoms with Crippen LogP contribution in [0.5, 0.6) is 0 Å². The molecule has 2 saturated heterocycles. The van der Waals surface area contributed by atoms with Crippen LogP contribution in [0.1, 0.15) is 71.7 Å². The predicted molar refractivity (Wildman–Crippen MR) is 153 cm³/mol. The van der Waals surface area contributed by atoms with E-state index in [1.54, 1.807) is 58.0 Å². The third kappa shape index (κ3) is 5.12. The highest BCUT2D eigenvalue weighted by molar-refractivity contribution is 5.92. The lowest BCUT2D eigenvalue weighted by Crippen LogP contribution is -2.69. The van der Waals surface area contributed by atoms with Crippen LogP contribution < -0.4 is 0 Å². The minimum Gasteiger partial charge on any atom is -0.461 e. The van der Waals surface area contributed by atoms with Gasteiger partial charge < -0.3 is 28.4 Å². The fourth-order valence-corrected chi connectivity index (χ4v) is 7.96. The molecule has 12 heteroatoms. The Morgan fingerprint density at radius 3 is 2.16 bits per heavy atom. The molecule has 0 aromatic heterocycles. The first-order valence-electron chi connectivity index (χ1n) is 14.9. The molecule has 242 valence electrons. The first-order chi connectivity index (χ1) is 21.1. The Hall–Kier alpha value is -4.06. The number of ether oxygens (including phenoxy) is 6. The largest absolute Gasteiger partial charge is 0.461 e. The lowest BCUT2D eigenvalue weighted by molar-refractivity contribution is -0.204. The third-order valence-corrected chi connectivity index (χ3v) is 9.86. The molecule has 0 radical (unpaired) electrons. The summed E-state index contributed by atoms with van der Waals surface area (Å²) in [4.78, 5) is 78.7. The van der Waals surface area contributed by atoms with Crippen molar-refractivity contribution in [3.8, 4) is 0 Å². The molecule has 2 bridgehead atoms. The fraction of sp³-hybridized carbons (Fsp3) is 0.576. The molecule has 0 spiro atoms. The Labute approximate surface area is 260 Å². The molecule has 45 heavy (non-hydrogen) atoms. The molecule has 1 aromatic carbocycles. The second-order valence-electron chi connectivity index (χ2n) is 12.8. The third-order valence-electron chi connectivity index (χ3n) is 9.86. The van der Waals surface area contributed by atoms with Crippen LogP contribution in [0.15, 0.2) is 41.5 Å². The molecule has 2 aliphatic carbocycles. The molecule has 3 fully saturated rings. The first-order valence-corrected chi connectivity index (χ1v) is 14.9. The number of hydrogen-bond acceptors (Lipinski definition) is 12. The molecule has 1 saturated carbocycles. The monoisotopic (exact) mass is 626 g/mol. The second-order valence-corrected chi connectivity index (χ2v) is 12.8. The standard InChI is InChI=1S/C33H38O12/c1-16-22(41-18(3)34)14-33(45-30(39)21-11-9-8-10-12-21)29-26(32(44-20(5)36)15-40-24(37)13-23(32)43-29)17(2)27(38)28(42-19(4)35)25(16)31(33,6)7/h8-12,17,22-23,26,28-29H,13-15H2,1-7H3/t17-,22-,23-,26+,28+,29-,32-,33+/m0/s1. The zero-order valence-electron chi connectivity index (χ0n) is 26.4. The van der Waals surface area contributed by atoms with Gasteiger partial charge in [-0.25, -0.2) is 4.79 Å². The highest BCUT2D eigenvalue weighted by atomic mass is 16.6. The molecular formula is C33H38O12. The van der Waals surface area contributed by atoms with E-state index in [0.29, 0.717) is 11.1 Å². The van der Waals surface area contributed by atoms with E-state index in [0.717, 1.165) is 0 Å². The molecule has 5 rings (SSSR count). The van der Waals surface area contributed by atoms with Crippen LogP contribution >= 0.6 is 0 Å². The summed E-state index contributed by atoms with van der Waals surface area (Å²) in [6.07, 6.45) is -5.15. The molecule has 8 atom stereocenters. The summed E-state index contributed by atoms with van der Waals surface area (Å²) in [6, 6.07) is 8.26. The fourth-order valence-electron chi connectivity index (χ4n) is 7.96. The lowest BCUT2D eigenvalue weighted by atomic mass is 9.52. The van der Waals surface area contributed by atoms with Gasteiger partial charge in [-0.05, 0) is 30.2 Å². The van der Waals surface area contributed by atoms with Crippen LogP contribution in [0.25, 0.3) is 0 Å². The molecule has 4 aliphatic rings. The van der Waals surface area contributed by atoms with Crippen molar-refractivity contribution in [3.05, 3.63) is 47.0 Å². The van der Waals surface area contributed by atoms with Gasteiger partial charge >= 0.3 is 29.8 Å². The highest BCUT2D eigenvalue weighted by Crippen LogP contribution is 2.62. The van der Waals surface area contributed by atoms with Gasteiger partial charge in [-0.3, -0.25) is 24.0 Å². The maximum atomic E-state index is 14.5. The van der Waals surface area contributed by atoms with Gasteiger partial charge in [-0.15, -0.1) is 0 Å². The van der Waals surface area contributed by atoms with Crippen molar-refractivity contribution in [1.82, 2.24) is 0 Å². The minimum absolute atomic E-state index is 0.111. The van der Waals surface area contributed by atoms with Crippen LogP contribution in [-0.4, -0.2) is 77.9 Å². The molecule has 2 aliphatic heterocycles. The van der Waals surface area contributed by atoms with Gasteiger partial charge in [0, 0.05) is 44.4 Å². The number of rotatable bonds is 5. The minimum atomic E-state index is -1.72. The molecule has 12 nitrogen and oxygen atoms in total. The summed E-state index contributed by atoms with van der Waals surface area (Å²) < 4.78 is 36.2. The van der Waals surface area contributed by atoms with Crippen LogP contribution in [0, 0.1) is 17.3 Å². The normalized spacial score (nSPS) is 35.1. The van der Waals surface area contributed by atoms with Crippen molar-refractivity contribution in [2.45, 2.75) is 96.9 Å². The summed E-state index contributed by atoms with van der Waals surface area (Å²) in [5, 5.41) is 0. The van der Waals surface area contributed by atoms with Gasteiger partial charge in [0.15, 0.2) is 23.1 Å². The average Bonchev–Trinajstić information content (AvgIpc) is 3.27. The van der Waals surface area contributed by atoms with Crippen molar-refractivity contribution < 1.29 is 57.2 Å². The summed E-state index contributed by atoms with van der Waals surface area (Å²) in [7, 11) is 0. The van der Waals surface area contributed by atoms with E-state index < -0.39 is 95.1 Å². The van der Waals surface area contributed by atoms with E-state index in [1.807, 2.05) is 0 Å². The van der Waals surface area contributed by atoms with Gasteiger partial charge in [0.2, 0.25) is 0 Å². The van der Waals surface area contributed by atoms with E-state index in [9.17, 15) is 28.8 Å². The van der Waals surface area contributed by atoms with Crippen LogP contribution in [0.4, 0.5) is 0 Å². The number of carbonyl (C=O) groups excluding carboxylic acids is 6. The van der Waals surface area contributed by atoms with Gasteiger partial charge in [0.1, 0.15) is 24.9 Å². The van der Waals surface area contributed by atoms with Crippen molar-refractivity contribution in [2.24, 2.45) is 17.3 Å². The smallest absolute Gasteiger partial charge is 0.338 e. The summed E-state index contributed by atoms with van der Waals surface area (Å²) >= 11 is 0.